The van der Waals surface area contributed by atoms with E-state index >= 15 is 0 Å². The minimum absolute atomic E-state index is 0.0716. The molecule has 8 heteroatoms. The quantitative estimate of drug-likeness (QED) is 0.685. The highest BCUT2D eigenvalue weighted by Gasteiger charge is 2.29. The Morgan fingerprint density at radius 2 is 2.21 bits per heavy atom. The first-order valence-corrected chi connectivity index (χ1v) is 7.50. The van der Waals surface area contributed by atoms with Gasteiger partial charge in [-0.1, -0.05) is 0 Å². The van der Waals surface area contributed by atoms with Gasteiger partial charge in [-0.3, -0.25) is 4.79 Å². The predicted octanol–water partition coefficient (Wildman–Crippen LogP) is -0.297. The summed E-state index contributed by atoms with van der Waals surface area (Å²) in [7, 11) is -3.88. The van der Waals surface area contributed by atoms with E-state index in [0.717, 1.165) is 18.9 Å². The van der Waals surface area contributed by atoms with E-state index in [4.69, 9.17) is 15.3 Å². The molecule has 1 heterocycles. The van der Waals surface area contributed by atoms with Gasteiger partial charge in [-0.05, 0) is 25.7 Å². The Labute approximate surface area is 111 Å². The van der Waals surface area contributed by atoms with Crippen molar-refractivity contribution in [2.24, 2.45) is 16.8 Å². The number of sulfonamides is 1. The lowest BCUT2D eigenvalue weighted by Crippen LogP contribution is -2.38. The van der Waals surface area contributed by atoms with E-state index < -0.39 is 15.9 Å². The fourth-order valence-corrected chi connectivity index (χ4v) is 2.56. The zero-order chi connectivity index (χ0) is 14.2. The molecular formula is C11H17N3O4S. The topological polar surface area (TPSA) is 128 Å². The van der Waals surface area contributed by atoms with Crippen LogP contribution in [0.3, 0.4) is 0 Å². The summed E-state index contributed by atoms with van der Waals surface area (Å²) in [5, 5.41) is 7.62. The Hall–Kier alpha value is -1.38. The van der Waals surface area contributed by atoms with Gasteiger partial charge in [-0.2, -0.15) is 0 Å². The van der Waals surface area contributed by atoms with Crippen LogP contribution in [0.4, 0.5) is 0 Å². The van der Waals surface area contributed by atoms with Gasteiger partial charge < -0.3 is 15.5 Å². The fourth-order valence-electron chi connectivity index (χ4n) is 1.85. The number of nitrogens with one attached hydrogen (secondary N) is 1. The molecule has 0 radical (unpaired) electrons. The minimum Gasteiger partial charge on any atom is -0.455 e. The second-order valence-corrected chi connectivity index (χ2v) is 6.32. The van der Waals surface area contributed by atoms with Crippen LogP contribution in [0.1, 0.15) is 29.2 Å². The first kappa shape index (κ1) is 14.0. The van der Waals surface area contributed by atoms with Crippen LogP contribution in [-0.2, 0) is 10.0 Å². The second kappa shape index (κ2) is 4.95. The first-order valence-electron chi connectivity index (χ1n) is 5.96. The van der Waals surface area contributed by atoms with Gasteiger partial charge in [0.1, 0.15) is 10.7 Å². The van der Waals surface area contributed by atoms with Crippen molar-refractivity contribution < 1.29 is 17.6 Å². The van der Waals surface area contributed by atoms with Crippen LogP contribution >= 0.6 is 0 Å². The van der Waals surface area contributed by atoms with Gasteiger partial charge in [0.25, 0.3) is 5.91 Å². The van der Waals surface area contributed by atoms with Gasteiger partial charge in [0.15, 0.2) is 5.76 Å². The van der Waals surface area contributed by atoms with Crippen molar-refractivity contribution >= 4 is 15.9 Å². The number of rotatable bonds is 5. The van der Waals surface area contributed by atoms with Crippen molar-refractivity contribution in [3.05, 3.63) is 17.6 Å². The van der Waals surface area contributed by atoms with Gasteiger partial charge in [0, 0.05) is 18.7 Å². The third kappa shape index (κ3) is 3.34. The molecule has 1 unspecified atom stereocenters. The SMILES string of the molecule is Cc1oc(C(=O)NCC(N)C2CC2)cc1S(N)(=O)=O. The van der Waals surface area contributed by atoms with Gasteiger partial charge >= 0.3 is 0 Å². The Morgan fingerprint density at radius 3 is 2.68 bits per heavy atom. The first-order chi connectivity index (χ1) is 8.79. The van der Waals surface area contributed by atoms with E-state index in [2.05, 4.69) is 5.32 Å². The number of hydrogen-bond acceptors (Lipinski definition) is 5. The summed E-state index contributed by atoms with van der Waals surface area (Å²) >= 11 is 0. The Kier molecular flexibility index (Phi) is 3.66. The maximum Gasteiger partial charge on any atom is 0.287 e. The number of aryl methyl sites for hydroxylation is 1. The number of carbonyl (C=O) groups excluding carboxylic acids is 1. The molecule has 2 rings (SSSR count). The summed E-state index contributed by atoms with van der Waals surface area (Å²) in [5.74, 6) is -0.00335. The van der Waals surface area contributed by atoms with Crippen molar-refractivity contribution in [1.82, 2.24) is 5.32 Å². The Balaban J connectivity index is 2.03. The van der Waals surface area contributed by atoms with E-state index in [1.165, 1.54) is 6.92 Å². The van der Waals surface area contributed by atoms with Crippen molar-refractivity contribution in [2.45, 2.75) is 30.7 Å². The lowest BCUT2D eigenvalue weighted by Gasteiger charge is -2.10. The average molecular weight is 287 g/mol. The summed E-state index contributed by atoms with van der Waals surface area (Å²) < 4.78 is 27.5. The minimum atomic E-state index is -3.88. The highest BCUT2D eigenvalue weighted by atomic mass is 32.2. The van der Waals surface area contributed by atoms with Gasteiger partial charge in [0.2, 0.25) is 10.0 Å². The fraction of sp³-hybridized carbons (Fsp3) is 0.545. The average Bonchev–Trinajstić information content (AvgIpc) is 3.07. The molecule has 5 N–H and O–H groups in total. The molecule has 1 atom stereocenters. The summed E-state index contributed by atoms with van der Waals surface area (Å²) in [6.45, 7) is 1.78. The monoisotopic (exact) mass is 287 g/mol. The number of carbonyl (C=O) groups is 1. The summed E-state index contributed by atoms with van der Waals surface area (Å²) in [6, 6.07) is 1.06. The zero-order valence-electron chi connectivity index (χ0n) is 10.5. The highest BCUT2D eigenvalue weighted by molar-refractivity contribution is 7.89. The number of furan rings is 1. The summed E-state index contributed by atoms with van der Waals surface area (Å²) in [5.41, 5.74) is 5.85. The number of amides is 1. The molecule has 0 spiro atoms. The maximum atomic E-state index is 11.8. The molecular weight excluding hydrogens is 270 g/mol. The van der Waals surface area contributed by atoms with Gasteiger partial charge in [-0.25, -0.2) is 13.6 Å². The summed E-state index contributed by atoms with van der Waals surface area (Å²) in [4.78, 5) is 11.6. The van der Waals surface area contributed by atoms with Crippen molar-refractivity contribution in [3.63, 3.8) is 0 Å². The molecule has 0 aromatic carbocycles. The third-order valence-corrected chi connectivity index (χ3v) is 4.15. The van der Waals surface area contributed by atoms with Crippen molar-refractivity contribution in [3.8, 4) is 0 Å². The smallest absolute Gasteiger partial charge is 0.287 e. The molecule has 1 fully saturated rings. The zero-order valence-corrected chi connectivity index (χ0v) is 11.4. The standard InChI is InChI=1S/C11H17N3O4S/c1-6-10(19(13,16)17)4-9(18-6)11(15)14-5-8(12)7-2-3-7/h4,7-8H,2-3,5,12H2,1H3,(H,14,15)(H2,13,16,17). The number of nitrogens with two attached hydrogens (primary N) is 2. The molecule has 1 amide bonds. The van der Waals surface area contributed by atoms with Crippen molar-refractivity contribution in [2.75, 3.05) is 6.54 Å². The van der Waals surface area contributed by atoms with E-state index in [1.807, 2.05) is 0 Å². The molecule has 1 aromatic rings. The van der Waals surface area contributed by atoms with Crippen LogP contribution in [0.2, 0.25) is 0 Å². The molecule has 1 saturated carbocycles. The van der Waals surface area contributed by atoms with Crippen molar-refractivity contribution in [1.29, 1.82) is 0 Å². The van der Waals surface area contributed by atoms with E-state index in [-0.39, 0.29) is 22.5 Å². The normalized spacial score (nSPS) is 17.2. The molecule has 7 nitrogen and oxygen atoms in total. The van der Waals surface area contributed by atoms with Crippen LogP contribution in [0.5, 0.6) is 0 Å². The van der Waals surface area contributed by atoms with Crippen LogP contribution in [0, 0.1) is 12.8 Å². The lowest BCUT2D eigenvalue weighted by molar-refractivity contribution is 0.0921. The molecule has 0 bridgehead atoms. The van der Waals surface area contributed by atoms with E-state index in [9.17, 15) is 13.2 Å². The molecule has 106 valence electrons. The summed E-state index contributed by atoms with van der Waals surface area (Å²) in [6.07, 6.45) is 2.18. The van der Waals surface area contributed by atoms with Gasteiger partial charge in [-0.15, -0.1) is 0 Å². The molecule has 19 heavy (non-hydrogen) atoms. The lowest BCUT2D eigenvalue weighted by atomic mass is 10.2. The number of hydrogen-bond donors (Lipinski definition) is 3. The largest absolute Gasteiger partial charge is 0.455 e. The van der Waals surface area contributed by atoms with Gasteiger partial charge in [0.05, 0.1) is 0 Å². The molecule has 1 aliphatic carbocycles. The molecule has 1 aromatic heterocycles. The Morgan fingerprint density at radius 1 is 1.58 bits per heavy atom. The predicted molar refractivity (Wildman–Crippen MR) is 67.9 cm³/mol. The molecule has 0 saturated heterocycles. The van der Waals surface area contributed by atoms with Crippen LogP contribution in [0.15, 0.2) is 15.4 Å². The highest BCUT2D eigenvalue weighted by Crippen LogP contribution is 2.31. The number of primary sulfonamides is 1. The van der Waals surface area contributed by atoms with Crippen LogP contribution in [-0.4, -0.2) is 26.9 Å². The maximum absolute atomic E-state index is 11.8. The second-order valence-electron chi connectivity index (χ2n) is 4.79. The third-order valence-electron chi connectivity index (χ3n) is 3.13. The van der Waals surface area contributed by atoms with Crippen LogP contribution < -0.4 is 16.2 Å². The van der Waals surface area contributed by atoms with E-state index in [1.54, 1.807) is 0 Å². The molecule has 1 aliphatic rings. The Bertz CT molecular complexity index is 589. The van der Waals surface area contributed by atoms with E-state index in [0.29, 0.717) is 12.5 Å². The van der Waals surface area contributed by atoms with Crippen LogP contribution in [0.25, 0.3) is 0 Å². The molecule has 0 aliphatic heterocycles.